The van der Waals surface area contributed by atoms with E-state index in [0.29, 0.717) is 22.4 Å². The Labute approximate surface area is 148 Å². The molecule has 0 atom stereocenters. The van der Waals surface area contributed by atoms with Gasteiger partial charge in [0.1, 0.15) is 0 Å². The van der Waals surface area contributed by atoms with Crippen molar-refractivity contribution in [3.63, 3.8) is 0 Å². The Bertz CT molecular complexity index is 1190. The quantitative estimate of drug-likeness (QED) is 0.430. The number of aromatic nitrogens is 1. The number of ketones is 1. The summed E-state index contributed by atoms with van der Waals surface area (Å²) in [5.41, 5.74) is 2.03. The first-order valence-electron chi connectivity index (χ1n) is 7.60. The highest BCUT2D eigenvalue weighted by Gasteiger charge is 2.34. The molecule has 0 bridgehead atoms. The lowest BCUT2D eigenvalue weighted by Crippen LogP contribution is -2.19. The maximum atomic E-state index is 12.9. The van der Waals surface area contributed by atoms with Gasteiger partial charge in [0, 0.05) is 11.1 Å². The zero-order valence-electron chi connectivity index (χ0n) is 13.3. The summed E-state index contributed by atoms with van der Waals surface area (Å²) in [5.74, 6) is -0.591. The fourth-order valence-electron chi connectivity index (χ4n) is 3.15. The fraction of sp³-hybridized carbons (Fsp3) is 0. The molecule has 4 rings (SSSR count). The molecule has 0 unspecified atom stereocenters. The van der Waals surface area contributed by atoms with Gasteiger partial charge in [-0.1, -0.05) is 36.4 Å². The van der Waals surface area contributed by atoms with Crippen molar-refractivity contribution < 1.29 is 18.3 Å². The Hall–Kier alpha value is -3.23. The van der Waals surface area contributed by atoms with Gasteiger partial charge in [-0.2, -0.15) is 0 Å². The summed E-state index contributed by atoms with van der Waals surface area (Å²) in [7, 11) is -3.83. The second-order valence-electron chi connectivity index (χ2n) is 5.92. The van der Waals surface area contributed by atoms with Gasteiger partial charge in [0.25, 0.3) is 0 Å². The summed E-state index contributed by atoms with van der Waals surface area (Å²) in [4.78, 5) is 15.6. The number of fused-ring (bicyclic) bond motifs is 2. The van der Waals surface area contributed by atoms with E-state index in [1.807, 2.05) is 0 Å². The number of H-pyrrole nitrogens is 1. The normalized spacial score (nSPS) is 13.4. The van der Waals surface area contributed by atoms with Crippen LogP contribution in [0.15, 0.2) is 53.4 Å². The molecule has 1 heterocycles. The molecule has 0 amide bonds. The predicted octanol–water partition coefficient (Wildman–Crippen LogP) is 2.00. The van der Waals surface area contributed by atoms with E-state index in [1.54, 1.807) is 24.3 Å². The predicted molar refractivity (Wildman–Crippen MR) is 95.1 cm³/mol. The molecule has 5 N–H and O–H groups in total. The molecular formula is C18H13N3O4S. The summed E-state index contributed by atoms with van der Waals surface area (Å²) in [5, 5.41) is 23.7. The molecule has 130 valence electrons. The number of benzene rings is 2. The van der Waals surface area contributed by atoms with Gasteiger partial charge in [0.05, 0.1) is 27.4 Å². The average Bonchev–Trinajstić information content (AvgIpc) is 2.97. The Morgan fingerprint density at radius 3 is 2.19 bits per heavy atom. The average molecular weight is 367 g/mol. The minimum atomic E-state index is -3.83. The van der Waals surface area contributed by atoms with Gasteiger partial charge in [0.15, 0.2) is 11.7 Å². The van der Waals surface area contributed by atoms with Crippen molar-refractivity contribution in [1.29, 1.82) is 5.41 Å². The molecule has 0 radical (unpaired) electrons. The van der Waals surface area contributed by atoms with Crippen LogP contribution in [0.1, 0.15) is 27.0 Å². The molecule has 0 aliphatic heterocycles. The number of nitrogens with two attached hydrogens (primary N) is 1. The lowest BCUT2D eigenvalue weighted by atomic mass is 9.84. The molecule has 1 aliphatic carbocycles. The molecular weight excluding hydrogens is 354 g/mol. The fourth-order valence-corrected chi connectivity index (χ4v) is 3.67. The lowest BCUT2D eigenvalue weighted by molar-refractivity contribution is 0.103. The van der Waals surface area contributed by atoms with Crippen LogP contribution in [0.2, 0.25) is 0 Å². The van der Waals surface area contributed by atoms with Crippen molar-refractivity contribution in [3.05, 3.63) is 70.8 Å². The van der Waals surface area contributed by atoms with Crippen LogP contribution in [0, 0.1) is 5.41 Å². The van der Waals surface area contributed by atoms with E-state index in [4.69, 9.17) is 10.5 Å². The number of nitrogens with one attached hydrogen (secondary N) is 2. The van der Waals surface area contributed by atoms with Crippen molar-refractivity contribution in [2.75, 3.05) is 0 Å². The van der Waals surface area contributed by atoms with Gasteiger partial charge in [-0.05, 0) is 17.7 Å². The molecule has 3 aromatic rings. The van der Waals surface area contributed by atoms with E-state index in [2.05, 4.69) is 4.98 Å². The monoisotopic (exact) mass is 367 g/mol. The van der Waals surface area contributed by atoms with E-state index in [1.165, 1.54) is 24.3 Å². The number of carbonyl (C=O) groups is 1. The first-order valence-corrected chi connectivity index (χ1v) is 9.15. The van der Waals surface area contributed by atoms with Gasteiger partial charge < -0.3 is 10.1 Å². The minimum Gasteiger partial charge on any atom is -0.494 e. The molecule has 26 heavy (non-hydrogen) atoms. The molecule has 7 nitrogen and oxygen atoms in total. The van der Waals surface area contributed by atoms with Gasteiger partial charge in [-0.15, -0.1) is 0 Å². The van der Waals surface area contributed by atoms with Crippen LogP contribution in [-0.4, -0.2) is 30.0 Å². The second kappa shape index (κ2) is 5.38. The summed E-state index contributed by atoms with van der Waals surface area (Å²) < 4.78 is 22.8. The largest absolute Gasteiger partial charge is 0.494 e. The van der Waals surface area contributed by atoms with Crippen molar-refractivity contribution in [3.8, 4) is 17.1 Å². The number of primary sulfonamides is 1. The van der Waals surface area contributed by atoms with E-state index in [9.17, 15) is 18.3 Å². The van der Waals surface area contributed by atoms with Crippen molar-refractivity contribution >= 4 is 21.5 Å². The zero-order chi connectivity index (χ0) is 18.6. The van der Waals surface area contributed by atoms with Crippen LogP contribution in [0.4, 0.5) is 0 Å². The number of hydrogen-bond acceptors (Lipinski definition) is 5. The maximum Gasteiger partial charge on any atom is 0.238 e. The van der Waals surface area contributed by atoms with E-state index < -0.39 is 10.0 Å². The minimum absolute atomic E-state index is 0.0522. The maximum absolute atomic E-state index is 12.9. The smallest absolute Gasteiger partial charge is 0.238 e. The summed E-state index contributed by atoms with van der Waals surface area (Å²) in [6, 6.07) is 12.3. The Balaban J connectivity index is 1.92. The van der Waals surface area contributed by atoms with Crippen LogP contribution < -0.4 is 5.14 Å². The molecule has 0 spiro atoms. The molecule has 1 aliphatic rings. The third-order valence-corrected chi connectivity index (χ3v) is 5.30. The van der Waals surface area contributed by atoms with Gasteiger partial charge >= 0.3 is 0 Å². The SMILES string of the molecule is N=C1c2ccccc2C(=O)c2c(-c3ccc(S(N)(=O)=O)cc3)[nH]c(O)c21. The molecule has 0 saturated heterocycles. The van der Waals surface area contributed by atoms with Crippen LogP contribution in [0.25, 0.3) is 11.3 Å². The Morgan fingerprint density at radius 1 is 0.962 bits per heavy atom. The third kappa shape index (κ3) is 2.27. The Morgan fingerprint density at radius 2 is 1.58 bits per heavy atom. The standard InChI is InChI=1S/C18H13N3O4S/c19-15-11-3-1-2-4-12(11)17(22)14-13(15)18(23)21-16(14)9-5-7-10(8-6-9)26(20,24)25/h1-8,19,21,23H,(H2,20,24,25). The zero-order valence-corrected chi connectivity index (χ0v) is 14.1. The first-order chi connectivity index (χ1) is 12.3. The molecule has 1 aromatic heterocycles. The summed E-state index contributed by atoms with van der Waals surface area (Å²) in [6.45, 7) is 0. The van der Waals surface area contributed by atoms with Crippen molar-refractivity contribution in [1.82, 2.24) is 4.98 Å². The lowest BCUT2D eigenvalue weighted by Gasteiger charge is -2.17. The number of hydrogen-bond donors (Lipinski definition) is 4. The molecule has 0 fully saturated rings. The first kappa shape index (κ1) is 16.2. The Kier molecular flexibility index (Phi) is 3.36. The number of aromatic hydroxyl groups is 1. The van der Waals surface area contributed by atoms with Gasteiger partial charge in [0.2, 0.25) is 10.0 Å². The summed E-state index contributed by atoms with van der Waals surface area (Å²) in [6.07, 6.45) is 0. The number of aromatic amines is 1. The highest BCUT2D eigenvalue weighted by atomic mass is 32.2. The third-order valence-electron chi connectivity index (χ3n) is 4.37. The number of sulfonamides is 1. The van der Waals surface area contributed by atoms with Gasteiger partial charge in [-0.25, -0.2) is 13.6 Å². The van der Waals surface area contributed by atoms with Crippen LogP contribution in [0.3, 0.4) is 0 Å². The molecule has 2 aromatic carbocycles. The number of carbonyl (C=O) groups excluding carboxylic acids is 1. The molecule has 8 heteroatoms. The number of rotatable bonds is 2. The van der Waals surface area contributed by atoms with Crippen LogP contribution in [-0.2, 0) is 10.0 Å². The van der Waals surface area contributed by atoms with E-state index >= 15 is 0 Å². The topological polar surface area (TPSA) is 137 Å². The second-order valence-corrected chi connectivity index (χ2v) is 7.48. The van der Waals surface area contributed by atoms with Crippen molar-refractivity contribution in [2.45, 2.75) is 4.90 Å². The van der Waals surface area contributed by atoms with Crippen LogP contribution >= 0.6 is 0 Å². The van der Waals surface area contributed by atoms with E-state index in [0.717, 1.165) is 0 Å². The van der Waals surface area contributed by atoms with Crippen LogP contribution in [0.5, 0.6) is 5.88 Å². The highest BCUT2D eigenvalue weighted by molar-refractivity contribution is 7.89. The van der Waals surface area contributed by atoms with Gasteiger partial charge in [-0.3, -0.25) is 10.2 Å². The summed E-state index contributed by atoms with van der Waals surface area (Å²) >= 11 is 0. The van der Waals surface area contributed by atoms with E-state index in [-0.39, 0.29) is 33.4 Å². The highest BCUT2D eigenvalue weighted by Crippen LogP contribution is 2.39. The van der Waals surface area contributed by atoms with Crippen molar-refractivity contribution in [2.24, 2.45) is 5.14 Å². The molecule has 0 saturated carbocycles.